The summed E-state index contributed by atoms with van der Waals surface area (Å²) < 4.78 is 0. The zero-order chi connectivity index (χ0) is 15.4. The molecule has 0 bridgehead atoms. The lowest BCUT2D eigenvalue weighted by Gasteiger charge is -2.02. The summed E-state index contributed by atoms with van der Waals surface area (Å²) in [6.45, 7) is 4.71. The molecule has 0 spiro atoms. The Labute approximate surface area is 114 Å². The van der Waals surface area contributed by atoms with Crippen LogP contribution in [-0.4, -0.2) is 28.3 Å². The van der Waals surface area contributed by atoms with Crippen molar-refractivity contribution in [2.45, 2.75) is 59.0 Å². The predicted molar refractivity (Wildman–Crippen MR) is 74.6 cm³/mol. The van der Waals surface area contributed by atoms with Gasteiger partial charge in [0.15, 0.2) is 0 Å². The van der Waals surface area contributed by atoms with Gasteiger partial charge in [-0.05, 0) is 20.3 Å². The lowest BCUT2D eigenvalue weighted by atomic mass is 10.1. The van der Waals surface area contributed by atoms with Gasteiger partial charge in [-0.3, -0.25) is 0 Å². The third kappa shape index (κ3) is 12.8. The summed E-state index contributed by atoms with van der Waals surface area (Å²) in [6, 6.07) is 0. The Balaban J connectivity index is 0. The average Bonchev–Trinajstić information content (AvgIpc) is 2.33. The first-order valence-corrected chi connectivity index (χ1v) is 6.39. The summed E-state index contributed by atoms with van der Waals surface area (Å²) in [4.78, 5) is 20.2. The maximum absolute atomic E-state index is 10.1. The number of carboxylic acids is 2. The second kappa shape index (κ2) is 11.7. The normalized spacial score (nSPS) is 11.5. The third-order valence-corrected chi connectivity index (χ3v) is 2.60. The van der Waals surface area contributed by atoms with Gasteiger partial charge in [0.1, 0.15) is 0 Å². The van der Waals surface area contributed by atoms with E-state index >= 15 is 0 Å². The van der Waals surface area contributed by atoms with E-state index in [1.54, 1.807) is 0 Å². The first-order valence-electron chi connectivity index (χ1n) is 6.39. The highest BCUT2D eigenvalue weighted by atomic mass is 16.4. The van der Waals surface area contributed by atoms with Crippen molar-refractivity contribution in [2.75, 3.05) is 0 Å². The highest BCUT2D eigenvalue weighted by Gasteiger charge is 2.09. The smallest absolute Gasteiger partial charge is 0.331 e. The van der Waals surface area contributed by atoms with E-state index in [4.69, 9.17) is 21.7 Å². The molecule has 0 saturated heterocycles. The minimum Gasteiger partial charge on any atom is -0.478 e. The van der Waals surface area contributed by atoms with Gasteiger partial charge in [0.2, 0.25) is 0 Å². The summed E-state index contributed by atoms with van der Waals surface area (Å²) >= 11 is 0. The molecule has 0 heterocycles. The first kappa shape index (κ1) is 19.9. The van der Waals surface area contributed by atoms with Gasteiger partial charge in [-0.25, -0.2) is 9.59 Å². The molecule has 6 nitrogen and oxygen atoms in total. The average molecular weight is 274 g/mol. The molecule has 0 aliphatic heterocycles. The van der Waals surface area contributed by atoms with Crippen LogP contribution in [0.1, 0.15) is 52.9 Å². The number of hydrogen-bond acceptors (Lipinski definition) is 4. The number of hydrogen-bond donors (Lipinski definition) is 4. The van der Waals surface area contributed by atoms with Gasteiger partial charge in [-0.1, -0.05) is 32.6 Å². The van der Waals surface area contributed by atoms with Crippen molar-refractivity contribution in [3.63, 3.8) is 0 Å². The Kier molecular flexibility index (Phi) is 12.2. The summed E-state index contributed by atoms with van der Waals surface area (Å²) in [6.07, 6.45) is 5.93. The molecule has 6 heteroatoms. The zero-order valence-corrected chi connectivity index (χ0v) is 12.0. The lowest BCUT2D eigenvalue weighted by molar-refractivity contribution is -0.135. The number of carbonyl (C=O) groups is 2. The predicted octanol–water partition coefficient (Wildman–Crippen LogP) is 1.69. The molecule has 0 atom stereocenters. The Bertz CT molecular complexity index is 290. The van der Waals surface area contributed by atoms with Gasteiger partial charge in [0, 0.05) is 11.1 Å². The van der Waals surface area contributed by atoms with Gasteiger partial charge in [0.25, 0.3) is 0 Å². The molecule has 0 aromatic heterocycles. The first-order chi connectivity index (χ1) is 8.73. The van der Waals surface area contributed by atoms with E-state index in [0.717, 1.165) is 6.42 Å². The van der Waals surface area contributed by atoms with E-state index in [0.29, 0.717) is 0 Å². The topological polar surface area (TPSA) is 127 Å². The van der Waals surface area contributed by atoms with E-state index in [1.165, 1.54) is 39.5 Å². The number of rotatable bonds is 7. The van der Waals surface area contributed by atoms with E-state index in [2.05, 4.69) is 6.92 Å². The fourth-order valence-electron chi connectivity index (χ4n) is 1.13. The van der Waals surface area contributed by atoms with Crippen LogP contribution in [0.4, 0.5) is 0 Å². The molecule has 0 unspecified atom stereocenters. The van der Waals surface area contributed by atoms with Gasteiger partial charge >= 0.3 is 11.9 Å². The highest BCUT2D eigenvalue weighted by molar-refractivity contribution is 5.97. The Morgan fingerprint density at radius 2 is 1.37 bits per heavy atom. The molecular formula is C13H26N2O4. The van der Waals surface area contributed by atoms with Crippen molar-refractivity contribution in [3.8, 4) is 0 Å². The highest BCUT2D eigenvalue weighted by Crippen LogP contribution is 2.02. The van der Waals surface area contributed by atoms with Crippen LogP contribution >= 0.6 is 0 Å². The van der Waals surface area contributed by atoms with Crippen molar-refractivity contribution in [3.05, 3.63) is 11.1 Å². The number of carboxylic acid groups (broad SMARTS) is 2. The Morgan fingerprint density at radius 1 is 0.947 bits per heavy atom. The second-order valence-corrected chi connectivity index (χ2v) is 4.37. The molecule has 0 rings (SSSR count). The van der Waals surface area contributed by atoms with Gasteiger partial charge in [-0.2, -0.15) is 0 Å². The van der Waals surface area contributed by atoms with Crippen LogP contribution in [0.25, 0.3) is 0 Å². The van der Waals surface area contributed by atoms with Crippen molar-refractivity contribution in [2.24, 2.45) is 11.5 Å². The zero-order valence-electron chi connectivity index (χ0n) is 12.0. The molecule has 19 heavy (non-hydrogen) atoms. The molecule has 0 aromatic rings. The molecule has 0 aliphatic carbocycles. The van der Waals surface area contributed by atoms with Crippen LogP contribution < -0.4 is 11.5 Å². The minimum absolute atomic E-state index is 0.0955. The van der Waals surface area contributed by atoms with Crippen molar-refractivity contribution in [1.29, 1.82) is 0 Å². The van der Waals surface area contributed by atoms with Crippen LogP contribution in [0.3, 0.4) is 0 Å². The Hall–Kier alpha value is -1.40. The maximum atomic E-state index is 10.1. The van der Waals surface area contributed by atoms with E-state index in [1.807, 2.05) is 0 Å². The van der Waals surface area contributed by atoms with Crippen molar-refractivity contribution >= 4 is 11.9 Å². The third-order valence-electron chi connectivity index (χ3n) is 2.60. The molecule has 0 fully saturated rings. The van der Waals surface area contributed by atoms with Crippen LogP contribution in [-0.2, 0) is 9.59 Å². The van der Waals surface area contributed by atoms with Crippen LogP contribution in [0, 0.1) is 0 Å². The molecule has 112 valence electrons. The molecular weight excluding hydrogens is 248 g/mol. The minimum atomic E-state index is -1.19. The van der Waals surface area contributed by atoms with Gasteiger partial charge < -0.3 is 21.7 Å². The van der Waals surface area contributed by atoms with E-state index < -0.39 is 11.9 Å². The molecule has 0 saturated carbocycles. The lowest BCUT2D eigenvalue weighted by Crippen LogP contribution is -2.29. The van der Waals surface area contributed by atoms with Gasteiger partial charge in [-0.15, -0.1) is 0 Å². The number of aliphatic carboxylic acids is 2. The van der Waals surface area contributed by atoms with Crippen LogP contribution in [0.15, 0.2) is 11.1 Å². The molecule has 0 radical (unpaired) electrons. The van der Waals surface area contributed by atoms with Crippen LogP contribution in [0.2, 0.25) is 0 Å². The fourth-order valence-corrected chi connectivity index (χ4v) is 1.13. The molecule has 6 N–H and O–H groups in total. The maximum Gasteiger partial charge on any atom is 0.331 e. The van der Waals surface area contributed by atoms with E-state index in [9.17, 15) is 9.59 Å². The standard InChI is InChI=1S/C7H18N2.C6H8O4/c1-2-3-4-5-6-7(8)9;1-3(5(7)8)4(2)6(9)10/h7H,2-6,8-9H2,1H3;1-2H3,(H,7,8)(H,9,10)/b;4-3-. The van der Waals surface area contributed by atoms with Gasteiger partial charge in [0.05, 0.1) is 6.17 Å². The summed E-state index contributed by atoms with van der Waals surface area (Å²) in [5, 5.41) is 16.6. The number of nitrogens with two attached hydrogens (primary N) is 2. The van der Waals surface area contributed by atoms with E-state index in [-0.39, 0.29) is 17.3 Å². The quantitative estimate of drug-likeness (QED) is 0.318. The largest absolute Gasteiger partial charge is 0.478 e. The van der Waals surface area contributed by atoms with Crippen molar-refractivity contribution < 1.29 is 19.8 Å². The molecule has 0 aromatic carbocycles. The molecule has 0 amide bonds. The van der Waals surface area contributed by atoms with Crippen LogP contribution in [0.5, 0.6) is 0 Å². The number of unbranched alkanes of at least 4 members (excludes halogenated alkanes) is 3. The second-order valence-electron chi connectivity index (χ2n) is 4.37. The SMILES string of the molecule is C/C(C(=O)O)=C(\C)C(=O)O.CCCCCCC(N)N. The molecule has 0 aliphatic rings. The monoisotopic (exact) mass is 274 g/mol. The Morgan fingerprint density at radius 3 is 1.63 bits per heavy atom. The summed E-state index contributed by atoms with van der Waals surface area (Å²) in [5.74, 6) is -2.39. The summed E-state index contributed by atoms with van der Waals surface area (Å²) in [5.41, 5.74) is 10.4. The summed E-state index contributed by atoms with van der Waals surface area (Å²) in [7, 11) is 0. The van der Waals surface area contributed by atoms with Crippen molar-refractivity contribution in [1.82, 2.24) is 0 Å². The fraction of sp³-hybridized carbons (Fsp3) is 0.692.